The summed E-state index contributed by atoms with van der Waals surface area (Å²) in [6.07, 6.45) is 1.12. The summed E-state index contributed by atoms with van der Waals surface area (Å²) in [6.45, 7) is 0. The molecule has 0 radical (unpaired) electrons. The van der Waals surface area contributed by atoms with E-state index in [0.717, 1.165) is 16.7 Å². The highest BCUT2D eigenvalue weighted by Gasteiger charge is 2.44. The first-order valence-electron chi connectivity index (χ1n) is 9.59. The topological polar surface area (TPSA) is 46.5 Å². The molecule has 0 spiro atoms. The molecular weight excluding hydrogens is 384 g/mol. The van der Waals surface area contributed by atoms with Crippen LogP contribution >= 0.6 is 11.6 Å². The van der Waals surface area contributed by atoms with Gasteiger partial charge in [0.05, 0.1) is 12.0 Å². The number of benzene rings is 3. The Bertz CT molecular complexity index is 1000. The van der Waals surface area contributed by atoms with E-state index in [1.807, 2.05) is 84.9 Å². The summed E-state index contributed by atoms with van der Waals surface area (Å²) in [7, 11) is 0. The Kier molecular flexibility index (Phi) is 5.41. The van der Waals surface area contributed by atoms with Crippen LogP contribution in [0.25, 0.3) is 0 Å². The zero-order chi connectivity index (χ0) is 20.3. The standard InChI is InChI=1S/C25H21ClO3/c26-22-14-8-7-9-18(22)15-16-21-23(27)17-25(29-24(21)28,19-10-3-1-4-11-19)20-12-5-2-6-13-20/h1-14,27H,15-17H2. The maximum Gasteiger partial charge on any atom is 0.338 e. The predicted octanol–water partition coefficient (Wildman–Crippen LogP) is 5.98. The minimum atomic E-state index is -1.04. The number of esters is 1. The van der Waals surface area contributed by atoms with E-state index in [1.54, 1.807) is 0 Å². The van der Waals surface area contributed by atoms with E-state index in [2.05, 4.69) is 0 Å². The van der Waals surface area contributed by atoms with Crippen LogP contribution in [-0.2, 0) is 21.6 Å². The molecule has 0 unspecified atom stereocenters. The Balaban J connectivity index is 1.69. The molecule has 29 heavy (non-hydrogen) atoms. The van der Waals surface area contributed by atoms with Crippen LogP contribution in [0.15, 0.2) is 96.3 Å². The molecule has 4 heteroatoms. The van der Waals surface area contributed by atoms with Gasteiger partial charge >= 0.3 is 5.97 Å². The van der Waals surface area contributed by atoms with Crippen molar-refractivity contribution >= 4 is 17.6 Å². The fourth-order valence-electron chi connectivity index (χ4n) is 3.83. The monoisotopic (exact) mass is 404 g/mol. The first kappa shape index (κ1) is 19.3. The second-order valence-electron chi connectivity index (χ2n) is 7.14. The number of aryl methyl sites for hydroxylation is 1. The van der Waals surface area contributed by atoms with Crippen LogP contribution < -0.4 is 0 Å². The van der Waals surface area contributed by atoms with Crippen LogP contribution in [-0.4, -0.2) is 11.1 Å². The normalized spacial score (nSPS) is 15.8. The Morgan fingerprint density at radius 3 is 1.93 bits per heavy atom. The molecule has 0 amide bonds. The van der Waals surface area contributed by atoms with Crippen LogP contribution in [0.4, 0.5) is 0 Å². The summed E-state index contributed by atoms with van der Waals surface area (Å²) >= 11 is 6.23. The number of aliphatic hydroxyl groups is 1. The van der Waals surface area contributed by atoms with E-state index in [0.29, 0.717) is 23.4 Å². The van der Waals surface area contributed by atoms with Crippen LogP contribution in [0.3, 0.4) is 0 Å². The molecule has 0 aliphatic carbocycles. The van der Waals surface area contributed by atoms with Crippen molar-refractivity contribution in [2.75, 3.05) is 0 Å². The van der Waals surface area contributed by atoms with Crippen molar-refractivity contribution in [1.82, 2.24) is 0 Å². The van der Waals surface area contributed by atoms with Crippen molar-refractivity contribution in [1.29, 1.82) is 0 Å². The largest absolute Gasteiger partial charge is 0.512 e. The van der Waals surface area contributed by atoms with Gasteiger partial charge in [-0.25, -0.2) is 4.79 Å². The average molecular weight is 405 g/mol. The van der Waals surface area contributed by atoms with E-state index in [9.17, 15) is 9.90 Å². The van der Waals surface area contributed by atoms with Crippen molar-refractivity contribution < 1.29 is 14.6 Å². The predicted molar refractivity (Wildman–Crippen MR) is 114 cm³/mol. The van der Waals surface area contributed by atoms with Crippen molar-refractivity contribution in [2.24, 2.45) is 0 Å². The number of carbonyl (C=O) groups is 1. The van der Waals surface area contributed by atoms with Crippen molar-refractivity contribution in [3.8, 4) is 0 Å². The lowest BCUT2D eigenvalue weighted by Gasteiger charge is -2.38. The van der Waals surface area contributed by atoms with Crippen LogP contribution in [0, 0.1) is 0 Å². The fourth-order valence-corrected chi connectivity index (χ4v) is 4.06. The number of aliphatic hydroxyl groups excluding tert-OH is 1. The molecule has 0 saturated carbocycles. The third kappa shape index (κ3) is 3.79. The van der Waals surface area contributed by atoms with Gasteiger partial charge in [0, 0.05) is 16.1 Å². The molecule has 1 heterocycles. The molecule has 0 aromatic heterocycles. The fraction of sp³-hybridized carbons (Fsp3) is 0.160. The zero-order valence-corrected chi connectivity index (χ0v) is 16.6. The van der Waals surface area contributed by atoms with Crippen molar-refractivity contribution in [2.45, 2.75) is 24.9 Å². The first-order chi connectivity index (χ1) is 14.1. The number of hydrogen-bond donors (Lipinski definition) is 1. The van der Waals surface area contributed by atoms with Crippen molar-refractivity contribution in [3.63, 3.8) is 0 Å². The summed E-state index contributed by atoms with van der Waals surface area (Å²) in [5, 5.41) is 11.5. The number of cyclic esters (lactones) is 1. The number of carbonyl (C=O) groups excluding carboxylic acids is 1. The van der Waals surface area contributed by atoms with Gasteiger partial charge in [0.15, 0.2) is 5.60 Å². The second kappa shape index (κ2) is 8.14. The quantitative estimate of drug-likeness (QED) is 0.532. The van der Waals surface area contributed by atoms with Gasteiger partial charge in [-0.1, -0.05) is 90.5 Å². The molecule has 3 aromatic carbocycles. The van der Waals surface area contributed by atoms with Gasteiger partial charge in [0.25, 0.3) is 0 Å². The van der Waals surface area contributed by atoms with Gasteiger partial charge in [-0.15, -0.1) is 0 Å². The molecule has 0 saturated heterocycles. The highest BCUT2D eigenvalue weighted by Crippen LogP contribution is 2.43. The lowest BCUT2D eigenvalue weighted by molar-refractivity contribution is -0.155. The smallest absolute Gasteiger partial charge is 0.338 e. The molecule has 0 atom stereocenters. The highest BCUT2D eigenvalue weighted by molar-refractivity contribution is 6.31. The van der Waals surface area contributed by atoms with Gasteiger partial charge in [-0.2, -0.15) is 0 Å². The Morgan fingerprint density at radius 1 is 0.828 bits per heavy atom. The van der Waals surface area contributed by atoms with Crippen LogP contribution in [0.5, 0.6) is 0 Å². The molecule has 0 bridgehead atoms. The van der Waals surface area contributed by atoms with Crippen molar-refractivity contribution in [3.05, 3.63) is 118 Å². The summed E-state index contributed by atoms with van der Waals surface area (Å²) in [4.78, 5) is 13.0. The van der Waals surface area contributed by atoms with E-state index in [-0.39, 0.29) is 12.2 Å². The average Bonchev–Trinajstić information content (AvgIpc) is 2.75. The Morgan fingerprint density at radius 2 is 1.38 bits per heavy atom. The SMILES string of the molecule is O=C1OC(c2ccccc2)(c2ccccc2)CC(O)=C1CCc1ccccc1Cl. The zero-order valence-electron chi connectivity index (χ0n) is 15.8. The third-order valence-electron chi connectivity index (χ3n) is 5.36. The van der Waals surface area contributed by atoms with Crippen LogP contribution in [0.2, 0.25) is 5.02 Å². The minimum absolute atomic E-state index is 0.0704. The summed E-state index contributed by atoms with van der Waals surface area (Å²) < 4.78 is 6.06. The Labute approximate surface area is 175 Å². The molecule has 1 aliphatic rings. The maximum absolute atomic E-state index is 13.0. The number of ether oxygens (including phenoxy) is 1. The highest BCUT2D eigenvalue weighted by atomic mass is 35.5. The van der Waals surface area contributed by atoms with Gasteiger partial charge in [-0.3, -0.25) is 0 Å². The Hall–Kier alpha value is -3.04. The van der Waals surface area contributed by atoms with E-state index < -0.39 is 11.6 Å². The van der Waals surface area contributed by atoms with Gasteiger partial charge in [0.2, 0.25) is 0 Å². The summed E-state index contributed by atoms with van der Waals surface area (Å²) in [5.74, 6) is -0.422. The second-order valence-corrected chi connectivity index (χ2v) is 7.55. The van der Waals surface area contributed by atoms with Gasteiger partial charge < -0.3 is 9.84 Å². The molecule has 0 fully saturated rings. The molecule has 4 rings (SSSR count). The molecule has 3 aromatic rings. The molecule has 1 N–H and O–H groups in total. The molecule has 146 valence electrons. The maximum atomic E-state index is 13.0. The van der Waals surface area contributed by atoms with E-state index in [4.69, 9.17) is 16.3 Å². The number of rotatable bonds is 5. The third-order valence-corrected chi connectivity index (χ3v) is 5.73. The lowest BCUT2D eigenvalue weighted by atomic mass is 9.80. The van der Waals surface area contributed by atoms with E-state index in [1.165, 1.54) is 0 Å². The summed E-state index contributed by atoms with van der Waals surface area (Å²) in [5.41, 5.74) is 1.86. The number of halogens is 1. The first-order valence-corrected chi connectivity index (χ1v) is 9.97. The van der Waals surface area contributed by atoms with Crippen LogP contribution in [0.1, 0.15) is 29.5 Å². The van der Waals surface area contributed by atoms with Gasteiger partial charge in [0.1, 0.15) is 5.76 Å². The lowest BCUT2D eigenvalue weighted by Crippen LogP contribution is -2.39. The number of hydrogen-bond acceptors (Lipinski definition) is 3. The molecule has 1 aliphatic heterocycles. The molecular formula is C25H21ClO3. The van der Waals surface area contributed by atoms with Gasteiger partial charge in [-0.05, 0) is 24.5 Å². The molecule has 3 nitrogen and oxygen atoms in total. The van der Waals surface area contributed by atoms with E-state index >= 15 is 0 Å². The summed E-state index contributed by atoms with van der Waals surface area (Å²) in [6, 6.07) is 26.6. The minimum Gasteiger partial charge on any atom is -0.512 e.